The molecule has 2 N–H and O–H groups in total. The maximum atomic E-state index is 9.94. The second-order valence-corrected chi connectivity index (χ2v) is 27.2. The molecule has 100 heavy (non-hydrogen) atoms. The largest absolute Gasteiger partial charge is 0.489 e. The monoisotopic (exact) mass is 1340 g/mol. The first-order chi connectivity index (χ1) is 49.4. The zero-order chi connectivity index (χ0) is 66.4. The van der Waals surface area contributed by atoms with Crippen LogP contribution in [0, 0.1) is 0 Å². The third kappa shape index (κ3) is 8.15. The standard InChI is InChI=1S/C46H27NO.C26H14BrNO.C20H15BO2/c1-2-13-28(14-3-1)41-30-15-4-6-17-32(30)42(33-18-7-5-16-31(33)41)29-24-25-34-39(27-29)46(38-22-12-26-47-44(34)38)37-21-10-8-19-35(37)45-43(46)36-20-9-11-23-40(36)48-45;27-15-11-12-16-21(14-15)26(20-9-5-13-28-24(16)20)19-8-3-1-6-17(19)25-23(26)18-7-2-4-10-22(18)29-25;22-21(23)20-17-12-6-4-10-15(17)19(14-8-2-1-3-9-14)16-11-5-7-13-18(16)20/h1-27H;1-14H;1-13,22-23H. The third-order valence-electron chi connectivity index (χ3n) is 21.4. The van der Waals surface area contributed by atoms with E-state index in [0.29, 0.717) is 5.46 Å². The number of rotatable bonds is 4. The second kappa shape index (κ2) is 22.5. The van der Waals surface area contributed by atoms with E-state index in [1.165, 1.54) is 110 Å². The van der Waals surface area contributed by atoms with E-state index in [4.69, 9.17) is 18.8 Å². The lowest BCUT2D eigenvalue weighted by Crippen LogP contribution is -2.31. The fraction of sp³-hybridized carbons (Fsp3) is 0.0217. The number of pyridine rings is 2. The highest BCUT2D eigenvalue weighted by Crippen LogP contribution is 2.67. The van der Waals surface area contributed by atoms with Crippen LogP contribution in [0.1, 0.15) is 44.5 Å². The molecule has 2 unspecified atom stereocenters. The number of hydrogen-bond acceptors (Lipinski definition) is 6. The zero-order valence-corrected chi connectivity index (χ0v) is 55.3. The van der Waals surface area contributed by atoms with Gasteiger partial charge in [-0.2, -0.15) is 0 Å². The number of halogens is 1. The molecule has 4 aliphatic carbocycles. The smallest absolute Gasteiger partial charge is 0.456 e. The van der Waals surface area contributed by atoms with Gasteiger partial charge in [0.15, 0.2) is 0 Å². The molecule has 2 atom stereocenters. The highest BCUT2D eigenvalue weighted by atomic mass is 79.9. The molecule has 8 heteroatoms. The summed E-state index contributed by atoms with van der Waals surface area (Å²) in [6, 6.07) is 111. The molecule has 4 heterocycles. The summed E-state index contributed by atoms with van der Waals surface area (Å²) >= 11 is 3.72. The van der Waals surface area contributed by atoms with E-state index in [-0.39, 0.29) is 0 Å². The quantitative estimate of drug-likeness (QED) is 0.135. The van der Waals surface area contributed by atoms with Crippen LogP contribution in [0.2, 0.25) is 0 Å². The van der Waals surface area contributed by atoms with Crippen molar-refractivity contribution in [3.8, 4) is 78.5 Å². The molecule has 14 aromatic carbocycles. The summed E-state index contributed by atoms with van der Waals surface area (Å²) in [5, 5.41) is 31.0. The lowest BCUT2D eigenvalue weighted by atomic mass is 9.70. The minimum Gasteiger partial charge on any atom is -0.456 e. The van der Waals surface area contributed by atoms with Crippen LogP contribution >= 0.6 is 15.9 Å². The Morgan fingerprint density at radius 1 is 0.290 bits per heavy atom. The van der Waals surface area contributed by atoms with Gasteiger partial charge in [-0.15, -0.1) is 0 Å². The van der Waals surface area contributed by atoms with Crippen molar-refractivity contribution in [2.24, 2.45) is 0 Å². The van der Waals surface area contributed by atoms with Crippen LogP contribution in [-0.4, -0.2) is 27.1 Å². The summed E-state index contributed by atoms with van der Waals surface area (Å²) < 4.78 is 14.2. The lowest BCUT2D eigenvalue weighted by Gasteiger charge is -2.30. The zero-order valence-electron chi connectivity index (χ0n) is 53.7. The first kappa shape index (κ1) is 58.1. The molecule has 4 aliphatic rings. The van der Waals surface area contributed by atoms with Crippen molar-refractivity contribution in [3.05, 3.63) is 377 Å². The number of nitrogens with zero attached hydrogens (tertiary/aromatic N) is 2. The molecule has 0 radical (unpaired) electrons. The summed E-state index contributed by atoms with van der Waals surface area (Å²) in [7, 11) is -1.50. The molecule has 4 aromatic heterocycles. The Labute approximate surface area is 584 Å². The van der Waals surface area contributed by atoms with Crippen LogP contribution in [0.15, 0.2) is 341 Å². The van der Waals surface area contributed by atoms with Gasteiger partial charge in [0.2, 0.25) is 0 Å². The summed E-state index contributed by atoms with van der Waals surface area (Å²) in [4.78, 5) is 9.86. The number of benzene rings is 14. The minimum atomic E-state index is -1.50. The van der Waals surface area contributed by atoms with Gasteiger partial charge in [0.25, 0.3) is 0 Å². The van der Waals surface area contributed by atoms with E-state index in [9.17, 15) is 10.0 Å². The van der Waals surface area contributed by atoms with Crippen LogP contribution in [0.3, 0.4) is 0 Å². The average molecular weight is 1340 g/mol. The van der Waals surface area contributed by atoms with Crippen LogP contribution in [0.25, 0.3) is 144 Å². The number of aromatic nitrogens is 2. The van der Waals surface area contributed by atoms with Gasteiger partial charge in [-0.3, -0.25) is 9.97 Å². The summed E-state index contributed by atoms with van der Waals surface area (Å²) in [5.41, 5.74) is 25.4. The Morgan fingerprint density at radius 2 is 0.640 bits per heavy atom. The van der Waals surface area contributed by atoms with Crippen molar-refractivity contribution in [1.82, 2.24) is 9.97 Å². The number of furan rings is 2. The Balaban J connectivity index is 0.000000110. The summed E-state index contributed by atoms with van der Waals surface area (Å²) in [5.74, 6) is 1.94. The SMILES string of the molecule is Brc1ccc2c(c1)C1(c3ccccc3-c3oc4ccccc4c31)c1cccnc1-2.OB(O)c1c2ccccc2c(-c2ccccc2)c2ccccc12.c1ccc(-c2c3ccccc3c(-c3ccc4c(c3)C3(c5ccccc5-c5oc6ccccc6c53)c3cccnc3-4)c3ccccc23)cc1. The Hall–Kier alpha value is -12.0. The Kier molecular flexibility index (Phi) is 13.1. The molecule has 6 nitrogen and oxygen atoms in total. The highest BCUT2D eigenvalue weighted by molar-refractivity contribution is 9.10. The van der Waals surface area contributed by atoms with Crippen LogP contribution in [0.5, 0.6) is 0 Å². The molecule has 0 fully saturated rings. The van der Waals surface area contributed by atoms with Gasteiger partial charge in [-0.05, 0) is 158 Å². The highest BCUT2D eigenvalue weighted by Gasteiger charge is 2.56. The predicted octanol–water partition coefficient (Wildman–Crippen LogP) is 22.1. The van der Waals surface area contributed by atoms with Gasteiger partial charge in [0.1, 0.15) is 22.7 Å². The van der Waals surface area contributed by atoms with Crippen LogP contribution < -0.4 is 5.46 Å². The van der Waals surface area contributed by atoms with E-state index >= 15 is 0 Å². The third-order valence-corrected chi connectivity index (χ3v) is 21.9. The first-order valence-electron chi connectivity index (χ1n) is 33.9. The van der Waals surface area contributed by atoms with Gasteiger partial charge in [-0.25, -0.2) is 0 Å². The molecule has 0 aliphatic heterocycles. The second-order valence-electron chi connectivity index (χ2n) is 26.3. The fourth-order valence-electron chi connectivity index (χ4n) is 17.7. The van der Waals surface area contributed by atoms with Crippen molar-refractivity contribution >= 4 is 93.5 Å². The van der Waals surface area contributed by atoms with Gasteiger partial charge >= 0.3 is 7.12 Å². The van der Waals surface area contributed by atoms with E-state index in [1.807, 2.05) is 91.3 Å². The van der Waals surface area contributed by atoms with Crippen molar-refractivity contribution in [2.45, 2.75) is 10.8 Å². The normalized spacial score (nSPS) is 15.2. The minimum absolute atomic E-state index is 0.415. The number of fused-ring (bicyclic) bond motifs is 28. The topological polar surface area (TPSA) is 92.5 Å². The molecule has 0 amide bonds. The number of para-hydroxylation sites is 2. The van der Waals surface area contributed by atoms with E-state index in [2.05, 4.69) is 253 Å². The molecule has 18 aromatic rings. The van der Waals surface area contributed by atoms with Crippen molar-refractivity contribution in [2.75, 3.05) is 0 Å². The maximum absolute atomic E-state index is 9.94. The average Bonchev–Trinajstić information content (AvgIpc) is 1.50. The predicted molar refractivity (Wildman–Crippen MR) is 411 cm³/mol. The fourth-order valence-corrected chi connectivity index (χ4v) is 18.1. The maximum Gasteiger partial charge on any atom is 0.489 e. The van der Waals surface area contributed by atoms with Gasteiger partial charge in [0.05, 0.1) is 22.2 Å². The summed E-state index contributed by atoms with van der Waals surface area (Å²) in [6.07, 6.45) is 3.81. The first-order valence-corrected chi connectivity index (χ1v) is 34.6. The van der Waals surface area contributed by atoms with Gasteiger partial charge < -0.3 is 18.9 Å². The van der Waals surface area contributed by atoms with Crippen LogP contribution in [0.4, 0.5) is 0 Å². The lowest BCUT2D eigenvalue weighted by molar-refractivity contribution is 0.426. The molecule has 0 bridgehead atoms. The Bertz CT molecular complexity index is 6320. The molecule has 2 spiro atoms. The van der Waals surface area contributed by atoms with E-state index in [1.54, 1.807) is 0 Å². The molecule has 468 valence electrons. The van der Waals surface area contributed by atoms with Crippen molar-refractivity contribution in [3.63, 3.8) is 0 Å². The van der Waals surface area contributed by atoms with Gasteiger partial charge in [0, 0.05) is 61.0 Å². The van der Waals surface area contributed by atoms with Crippen molar-refractivity contribution < 1.29 is 18.9 Å². The summed E-state index contributed by atoms with van der Waals surface area (Å²) in [6.45, 7) is 0. The van der Waals surface area contributed by atoms with Crippen molar-refractivity contribution in [1.29, 1.82) is 0 Å². The number of hydrogen-bond donors (Lipinski definition) is 2. The van der Waals surface area contributed by atoms with E-state index in [0.717, 1.165) is 82.2 Å². The molecule has 22 rings (SSSR count). The molecular weight excluding hydrogens is 1290 g/mol. The van der Waals surface area contributed by atoms with Crippen LogP contribution in [-0.2, 0) is 10.8 Å². The molecule has 0 saturated carbocycles. The van der Waals surface area contributed by atoms with E-state index < -0.39 is 17.9 Å². The molecule has 0 saturated heterocycles. The van der Waals surface area contributed by atoms with Gasteiger partial charge in [-0.1, -0.05) is 289 Å². The molecular formula is C92H56BBrN2O4. The Morgan fingerprint density at radius 3 is 1.09 bits per heavy atom.